The second kappa shape index (κ2) is 6.72. The van der Waals surface area contributed by atoms with Crippen LogP contribution in [0, 0.1) is 6.92 Å². The number of amides is 1. The zero-order valence-corrected chi connectivity index (χ0v) is 13.8. The Balaban J connectivity index is 1.74. The first-order valence-corrected chi connectivity index (χ1v) is 7.50. The molecule has 1 amide bonds. The predicted octanol–water partition coefficient (Wildman–Crippen LogP) is 3.96. The highest BCUT2D eigenvalue weighted by atomic mass is 35.5. The van der Waals surface area contributed by atoms with E-state index in [1.165, 1.54) is 7.11 Å². The largest absolute Gasteiger partial charge is 0.495 e. The summed E-state index contributed by atoms with van der Waals surface area (Å²) in [6.45, 7) is 1.72. The molecule has 0 bridgehead atoms. The normalized spacial score (nSPS) is 10.5. The van der Waals surface area contributed by atoms with Crippen LogP contribution < -0.4 is 10.1 Å². The van der Waals surface area contributed by atoms with E-state index in [0.29, 0.717) is 33.8 Å². The SMILES string of the molecule is COc1ccc(NC(=O)c2ccc(-c3nnc(C)o3)cc2)cc1Cl. The van der Waals surface area contributed by atoms with Crippen LogP contribution in [-0.2, 0) is 0 Å². The second-order valence-corrected chi connectivity index (χ2v) is 5.41. The van der Waals surface area contributed by atoms with E-state index in [2.05, 4.69) is 15.5 Å². The first kappa shape index (κ1) is 16.0. The molecule has 1 N–H and O–H groups in total. The number of nitrogens with one attached hydrogen (secondary N) is 1. The molecule has 0 saturated carbocycles. The monoisotopic (exact) mass is 343 g/mol. The van der Waals surface area contributed by atoms with Gasteiger partial charge in [0, 0.05) is 23.7 Å². The van der Waals surface area contributed by atoms with Crippen LogP contribution in [0.3, 0.4) is 0 Å². The smallest absolute Gasteiger partial charge is 0.255 e. The van der Waals surface area contributed by atoms with Crippen molar-refractivity contribution in [3.63, 3.8) is 0 Å². The van der Waals surface area contributed by atoms with Crippen molar-refractivity contribution >= 4 is 23.2 Å². The number of aryl methyl sites for hydroxylation is 1. The van der Waals surface area contributed by atoms with E-state index in [9.17, 15) is 4.79 Å². The molecule has 0 aliphatic rings. The molecule has 0 radical (unpaired) electrons. The maximum atomic E-state index is 12.3. The fourth-order valence-corrected chi connectivity index (χ4v) is 2.38. The Morgan fingerprint density at radius 3 is 2.50 bits per heavy atom. The van der Waals surface area contributed by atoms with Gasteiger partial charge in [-0.25, -0.2) is 0 Å². The third-order valence-electron chi connectivity index (χ3n) is 3.33. The van der Waals surface area contributed by atoms with Crippen LogP contribution in [-0.4, -0.2) is 23.2 Å². The highest BCUT2D eigenvalue weighted by Gasteiger charge is 2.10. The van der Waals surface area contributed by atoms with Gasteiger partial charge in [0.15, 0.2) is 0 Å². The summed E-state index contributed by atoms with van der Waals surface area (Å²) in [6, 6.07) is 11.9. The van der Waals surface area contributed by atoms with Crippen molar-refractivity contribution < 1.29 is 13.9 Å². The van der Waals surface area contributed by atoms with Crippen LogP contribution in [0.5, 0.6) is 5.75 Å². The molecule has 1 heterocycles. The van der Waals surface area contributed by atoms with Crippen molar-refractivity contribution in [1.29, 1.82) is 0 Å². The molecule has 0 unspecified atom stereocenters. The molecule has 24 heavy (non-hydrogen) atoms. The minimum atomic E-state index is -0.246. The highest BCUT2D eigenvalue weighted by Crippen LogP contribution is 2.27. The van der Waals surface area contributed by atoms with E-state index < -0.39 is 0 Å². The van der Waals surface area contributed by atoms with Gasteiger partial charge in [-0.1, -0.05) is 11.6 Å². The number of carbonyl (C=O) groups excluding carboxylic acids is 1. The summed E-state index contributed by atoms with van der Waals surface area (Å²) >= 11 is 6.05. The van der Waals surface area contributed by atoms with E-state index in [1.807, 2.05) is 0 Å². The lowest BCUT2D eigenvalue weighted by atomic mass is 10.1. The van der Waals surface area contributed by atoms with Crippen molar-refractivity contribution in [2.75, 3.05) is 12.4 Å². The lowest BCUT2D eigenvalue weighted by Crippen LogP contribution is -2.11. The predicted molar refractivity (Wildman–Crippen MR) is 90.4 cm³/mol. The molecule has 0 aliphatic carbocycles. The minimum Gasteiger partial charge on any atom is -0.495 e. The molecule has 1 aromatic heterocycles. The molecule has 0 fully saturated rings. The Morgan fingerprint density at radius 1 is 1.17 bits per heavy atom. The number of anilines is 1. The summed E-state index contributed by atoms with van der Waals surface area (Å²) < 4.78 is 10.4. The Hall–Kier alpha value is -2.86. The van der Waals surface area contributed by atoms with E-state index in [4.69, 9.17) is 20.8 Å². The lowest BCUT2D eigenvalue weighted by Gasteiger charge is -2.08. The first-order valence-electron chi connectivity index (χ1n) is 7.12. The third-order valence-corrected chi connectivity index (χ3v) is 3.63. The molecule has 6 nitrogen and oxygen atoms in total. The number of carbonyl (C=O) groups is 1. The van der Waals surface area contributed by atoms with Crippen molar-refractivity contribution in [1.82, 2.24) is 10.2 Å². The molecule has 3 rings (SSSR count). The van der Waals surface area contributed by atoms with Gasteiger partial charge in [0.2, 0.25) is 11.8 Å². The molecule has 122 valence electrons. The maximum absolute atomic E-state index is 12.3. The van der Waals surface area contributed by atoms with Crippen molar-refractivity contribution in [3.05, 3.63) is 58.9 Å². The summed E-state index contributed by atoms with van der Waals surface area (Å²) in [5.74, 6) is 1.21. The molecule has 0 spiro atoms. The van der Waals surface area contributed by atoms with Crippen LogP contribution >= 0.6 is 11.6 Å². The van der Waals surface area contributed by atoms with Gasteiger partial charge in [-0.15, -0.1) is 10.2 Å². The second-order valence-electron chi connectivity index (χ2n) is 5.01. The Morgan fingerprint density at radius 2 is 1.92 bits per heavy atom. The Bertz CT molecular complexity index is 875. The summed E-state index contributed by atoms with van der Waals surface area (Å²) in [7, 11) is 1.53. The van der Waals surface area contributed by atoms with E-state index in [1.54, 1.807) is 49.4 Å². The van der Waals surface area contributed by atoms with Gasteiger partial charge in [-0.3, -0.25) is 4.79 Å². The number of halogens is 1. The molecule has 7 heteroatoms. The fourth-order valence-electron chi connectivity index (χ4n) is 2.12. The Kier molecular flexibility index (Phi) is 4.48. The van der Waals surface area contributed by atoms with Gasteiger partial charge in [0.05, 0.1) is 12.1 Å². The minimum absolute atomic E-state index is 0.246. The summed E-state index contributed by atoms with van der Waals surface area (Å²) in [4.78, 5) is 12.3. The number of hydrogen-bond acceptors (Lipinski definition) is 5. The standard InChI is InChI=1S/C17H14ClN3O3/c1-10-20-21-17(24-10)12-5-3-11(4-6-12)16(22)19-13-7-8-15(23-2)14(18)9-13/h3-9H,1-2H3,(H,19,22). The van der Waals surface area contributed by atoms with Crippen LogP contribution in [0.1, 0.15) is 16.2 Å². The number of nitrogens with zero attached hydrogens (tertiary/aromatic N) is 2. The number of aromatic nitrogens is 2. The Labute approximate surface area is 143 Å². The zero-order valence-electron chi connectivity index (χ0n) is 13.0. The molecular weight excluding hydrogens is 330 g/mol. The van der Waals surface area contributed by atoms with Gasteiger partial charge in [-0.05, 0) is 42.5 Å². The lowest BCUT2D eigenvalue weighted by molar-refractivity contribution is 0.102. The summed E-state index contributed by atoms with van der Waals surface area (Å²) in [6.07, 6.45) is 0. The van der Waals surface area contributed by atoms with Crippen LogP contribution in [0.25, 0.3) is 11.5 Å². The molecule has 0 aliphatic heterocycles. The summed E-state index contributed by atoms with van der Waals surface area (Å²) in [5, 5.41) is 10.9. The number of benzene rings is 2. The van der Waals surface area contributed by atoms with Crippen LogP contribution in [0.2, 0.25) is 5.02 Å². The van der Waals surface area contributed by atoms with Gasteiger partial charge < -0.3 is 14.5 Å². The third kappa shape index (κ3) is 3.38. The molecule has 0 saturated heterocycles. The molecule has 2 aromatic carbocycles. The maximum Gasteiger partial charge on any atom is 0.255 e. The average Bonchev–Trinajstić information content (AvgIpc) is 3.02. The molecular formula is C17H14ClN3O3. The first-order chi connectivity index (χ1) is 11.6. The van der Waals surface area contributed by atoms with Crippen molar-refractivity contribution in [2.45, 2.75) is 6.92 Å². The number of hydrogen-bond donors (Lipinski definition) is 1. The molecule has 3 aromatic rings. The zero-order chi connectivity index (χ0) is 17.1. The molecule has 0 atom stereocenters. The van der Waals surface area contributed by atoms with Gasteiger partial charge in [-0.2, -0.15) is 0 Å². The highest BCUT2D eigenvalue weighted by molar-refractivity contribution is 6.32. The topological polar surface area (TPSA) is 77.2 Å². The summed E-state index contributed by atoms with van der Waals surface area (Å²) in [5.41, 5.74) is 1.84. The van der Waals surface area contributed by atoms with Gasteiger partial charge in [0.25, 0.3) is 5.91 Å². The number of ether oxygens (including phenoxy) is 1. The van der Waals surface area contributed by atoms with Crippen molar-refractivity contribution in [2.24, 2.45) is 0 Å². The number of rotatable bonds is 4. The average molecular weight is 344 g/mol. The van der Waals surface area contributed by atoms with E-state index in [0.717, 1.165) is 5.56 Å². The fraction of sp³-hybridized carbons (Fsp3) is 0.118. The van der Waals surface area contributed by atoms with Crippen LogP contribution in [0.15, 0.2) is 46.9 Å². The van der Waals surface area contributed by atoms with Gasteiger partial charge in [0.1, 0.15) is 5.75 Å². The van der Waals surface area contributed by atoms with Crippen LogP contribution in [0.4, 0.5) is 5.69 Å². The number of methoxy groups -OCH3 is 1. The quantitative estimate of drug-likeness (QED) is 0.775. The van der Waals surface area contributed by atoms with Crippen molar-refractivity contribution in [3.8, 4) is 17.2 Å². The van der Waals surface area contributed by atoms with E-state index in [-0.39, 0.29) is 5.91 Å². The van der Waals surface area contributed by atoms with Gasteiger partial charge >= 0.3 is 0 Å². The van der Waals surface area contributed by atoms with E-state index >= 15 is 0 Å².